The van der Waals surface area contributed by atoms with E-state index in [1.807, 2.05) is 13.0 Å². The number of para-hydroxylation sites is 1. The summed E-state index contributed by atoms with van der Waals surface area (Å²) >= 11 is 4.59. The minimum Gasteiger partial charge on any atom is -0.496 e. The Hall–Kier alpha value is -2.71. The number of anilines is 2. The van der Waals surface area contributed by atoms with Gasteiger partial charge in [-0.25, -0.2) is 9.78 Å². The molecule has 0 atom stereocenters. The van der Waals surface area contributed by atoms with Gasteiger partial charge in [0.2, 0.25) is 0 Å². The van der Waals surface area contributed by atoms with Crippen molar-refractivity contribution in [1.29, 1.82) is 0 Å². The maximum absolute atomic E-state index is 13.1. The monoisotopic (exact) mass is 445 g/mol. The first-order valence-electron chi connectivity index (χ1n) is 7.95. The third kappa shape index (κ3) is 4.53. The van der Waals surface area contributed by atoms with Gasteiger partial charge in [-0.05, 0) is 47.1 Å². The van der Waals surface area contributed by atoms with Crippen molar-refractivity contribution in [2.75, 3.05) is 17.7 Å². The first-order valence-corrected chi connectivity index (χ1v) is 9.56. The van der Waals surface area contributed by atoms with Crippen LogP contribution < -0.4 is 15.4 Å². The van der Waals surface area contributed by atoms with Crippen LogP contribution in [0.2, 0.25) is 0 Å². The van der Waals surface area contributed by atoms with Crippen LogP contribution in [0.15, 0.2) is 52.4 Å². The maximum Gasteiger partial charge on any atom is 0.325 e. The topological polar surface area (TPSA) is 80.3 Å². The third-order valence-electron chi connectivity index (χ3n) is 3.72. The van der Waals surface area contributed by atoms with Gasteiger partial charge in [0.05, 0.1) is 28.3 Å². The van der Waals surface area contributed by atoms with Crippen molar-refractivity contribution in [2.24, 2.45) is 0 Å². The second-order valence-corrected chi connectivity index (χ2v) is 8.04. The molecule has 0 bridgehead atoms. The van der Waals surface area contributed by atoms with E-state index in [4.69, 9.17) is 4.74 Å². The van der Waals surface area contributed by atoms with Crippen LogP contribution in [-0.4, -0.2) is 23.9 Å². The maximum atomic E-state index is 13.1. The van der Waals surface area contributed by atoms with Gasteiger partial charge < -0.3 is 10.1 Å². The standard InChI is InChI=1S/C19H16BrN3O3S/c1-11-7-8-14(22-18(25)23-19-21-10-16(20)27-19)13(9-11)17(24)12-5-3-4-6-15(12)26-2/h3-10H,1-2H3,(H2,21,22,23,25). The molecule has 2 N–H and O–H groups in total. The minimum absolute atomic E-state index is 0.233. The number of amides is 2. The molecule has 1 heterocycles. The molecule has 0 spiro atoms. The van der Waals surface area contributed by atoms with Gasteiger partial charge in [-0.3, -0.25) is 10.1 Å². The Labute approximate surface area is 168 Å². The van der Waals surface area contributed by atoms with E-state index < -0.39 is 6.03 Å². The predicted molar refractivity (Wildman–Crippen MR) is 110 cm³/mol. The Morgan fingerprint density at radius 1 is 1.11 bits per heavy atom. The number of benzene rings is 2. The van der Waals surface area contributed by atoms with Crippen LogP contribution in [-0.2, 0) is 0 Å². The van der Waals surface area contributed by atoms with Gasteiger partial charge in [-0.2, -0.15) is 0 Å². The summed E-state index contributed by atoms with van der Waals surface area (Å²) in [5.41, 5.74) is 2.13. The number of ketones is 1. The van der Waals surface area contributed by atoms with Crippen LogP contribution in [0, 0.1) is 6.92 Å². The Morgan fingerprint density at radius 2 is 1.89 bits per heavy atom. The van der Waals surface area contributed by atoms with Crippen molar-refractivity contribution in [3.05, 3.63) is 69.1 Å². The number of aryl methyl sites for hydroxylation is 1. The molecule has 3 aromatic rings. The molecular formula is C19H16BrN3O3S. The zero-order chi connectivity index (χ0) is 19.4. The van der Waals surface area contributed by atoms with E-state index >= 15 is 0 Å². The highest BCUT2D eigenvalue weighted by Crippen LogP contribution is 2.27. The number of nitrogens with zero attached hydrogens (tertiary/aromatic N) is 1. The summed E-state index contributed by atoms with van der Waals surface area (Å²) < 4.78 is 6.09. The lowest BCUT2D eigenvalue weighted by Crippen LogP contribution is -2.21. The van der Waals surface area contributed by atoms with Gasteiger partial charge in [0.1, 0.15) is 5.75 Å². The van der Waals surface area contributed by atoms with Crippen molar-refractivity contribution >= 4 is 49.9 Å². The molecule has 27 heavy (non-hydrogen) atoms. The number of hydrogen-bond acceptors (Lipinski definition) is 5. The minimum atomic E-state index is -0.477. The van der Waals surface area contributed by atoms with Gasteiger partial charge in [0.25, 0.3) is 0 Å². The van der Waals surface area contributed by atoms with Crippen molar-refractivity contribution in [1.82, 2.24) is 4.98 Å². The van der Waals surface area contributed by atoms with Gasteiger partial charge >= 0.3 is 6.03 Å². The molecule has 0 aliphatic heterocycles. The molecule has 0 fully saturated rings. The highest BCUT2D eigenvalue weighted by Gasteiger charge is 2.19. The van der Waals surface area contributed by atoms with E-state index in [0.29, 0.717) is 27.7 Å². The lowest BCUT2D eigenvalue weighted by Gasteiger charge is -2.13. The zero-order valence-electron chi connectivity index (χ0n) is 14.6. The number of hydrogen-bond donors (Lipinski definition) is 2. The fourth-order valence-corrected chi connectivity index (χ4v) is 3.60. The molecule has 0 aliphatic rings. The summed E-state index contributed by atoms with van der Waals surface area (Å²) in [5, 5.41) is 5.82. The van der Waals surface area contributed by atoms with Crippen LogP contribution in [0.5, 0.6) is 5.75 Å². The second-order valence-electron chi connectivity index (χ2n) is 5.63. The van der Waals surface area contributed by atoms with Gasteiger partial charge in [0, 0.05) is 5.56 Å². The molecule has 6 nitrogen and oxygen atoms in total. The number of carbonyl (C=O) groups excluding carboxylic acids is 2. The molecule has 2 amide bonds. The van der Waals surface area contributed by atoms with E-state index in [9.17, 15) is 9.59 Å². The first-order chi connectivity index (χ1) is 13.0. The molecule has 0 unspecified atom stereocenters. The number of rotatable bonds is 5. The predicted octanol–water partition coefficient (Wildman–Crippen LogP) is 5.10. The average molecular weight is 446 g/mol. The number of nitrogens with one attached hydrogen (secondary N) is 2. The number of carbonyl (C=O) groups is 2. The van der Waals surface area contributed by atoms with E-state index in [0.717, 1.165) is 9.35 Å². The Morgan fingerprint density at radius 3 is 2.59 bits per heavy atom. The van der Waals surface area contributed by atoms with Crippen molar-refractivity contribution in [3.8, 4) is 5.75 Å². The van der Waals surface area contributed by atoms with E-state index in [1.54, 1.807) is 42.6 Å². The summed E-state index contributed by atoms with van der Waals surface area (Å²) in [4.78, 5) is 29.4. The van der Waals surface area contributed by atoms with Gasteiger partial charge in [0.15, 0.2) is 10.9 Å². The van der Waals surface area contributed by atoms with Crippen molar-refractivity contribution in [3.63, 3.8) is 0 Å². The van der Waals surface area contributed by atoms with E-state index in [1.165, 1.54) is 18.4 Å². The molecule has 2 aromatic carbocycles. The van der Waals surface area contributed by atoms with Crippen LogP contribution in [0.25, 0.3) is 0 Å². The van der Waals surface area contributed by atoms with Crippen LogP contribution in [0.3, 0.4) is 0 Å². The van der Waals surface area contributed by atoms with E-state index in [-0.39, 0.29) is 5.78 Å². The first kappa shape index (κ1) is 19.1. The number of halogens is 1. The molecule has 1 aromatic heterocycles. The Bertz CT molecular complexity index is 1000. The highest BCUT2D eigenvalue weighted by molar-refractivity contribution is 9.11. The number of ether oxygens (including phenoxy) is 1. The molecular weight excluding hydrogens is 430 g/mol. The summed E-state index contributed by atoms with van der Waals surface area (Å²) in [6, 6.07) is 11.8. The number of methoxy groups -OCH3 is 1. The molecule has 3 rings (SSSR count). The van der Waals surface area contributed by atoms with Gasteiger partial charge in [-0.1, -0.05) is 35.1 Å². The summed E-state index contributed by atoms with van der Waals surface area (Å²) in [7, 11) is 1.52. The number of thiazole rings is 1. The van der Waals surface area contributed by atoms with Crippen molar-refractivity contribution < 1.29 is 14.3 Å². The van der Waals surface area contributed by atoms with Crippen molar-refractivity contribution in [2.45, 2.75) is 6.92 Å². The molecule has 0 saturated carbocycles. The highest BCUT2D eigenvalue weighted by atomic mass is 79.9. The Balaban J connectivity index is 1.88. The zero-order valence-corrected chi connectivity index (χ0v) is 17.0. The van der Waals surface area contributed by atoms with E-state index in [2.05, 4.69) is 31.5 Å². The molecule has 138 valence electrons. The summed E-state index contributed by atoms with van der Waals surface area (Å²) in [6.45, 7) is 1.88. The third-order valence-corrected chi connectivity index (χ3v) is 5.11. The number of aromatic nitrogens is 1. The normalized spacial score (nSPS) is 10.3. The summed E-state index contributed by atoms with van der Waals surface area (Å²) in [5.74, 6) is 0.246. The SMILES string of the molecule is COc1ccccc1C(=O)c1cc(C)ccc1NC(=O)Nc1ncc(Br)s1. The average Bonchev–Trinajstić information content (AvgIpc) is 3.07. The smallest absolute Gasteiger partial charge is 0.325 e. The molecule has 0 aliphatic carbocycles. The lowest BCUT2D eigenvalue weighted by atomic mass is 9.99. The van der Waals surface area contributed by atoms with Crippen LogP contribution >= 0.6 is 27.3 Å². The quantitative estimate of drug-likeness (QED) is 0.535. The fourth-order valence-electron chi connectivity index (χ4n) is 2.50. The summed E-state index contributed by atoms with van der Waals surface area (Å²) in [6.07, 6.45) is 1.60. The number of urea groups is 1. The fraction of sp³-hybridized carbons (Fsp3) is 0.105. The molecule has 0 radical (unpaired) electrons. The largest absolute Gasteiger partial charge is 0.496 e. The van der Waals surface area contributed by atoms with Crippen LogP contribution in [0.4, 0.5) is 15.6 Å². The Kier molecular flexibility index (Phi) is 5.88. The van der Waals surface area contributed by atoms with Crippen LogP contribution in [0.1, 0.15) is 21.5 Å². The second kappa shape index (κ2) is 8.32. The van der Waals surface area contributed by atoms with Gasteiger partial charge in [-0.15, -0.1) is 0 Å². The lowest BCUT2D eigenvalue weighted by molar-refractivity contribution is 0.103. The molecule has 0 saturated heterocycles. The molecule has 8 heteroatoms.